The van der Waals surface area contributed by atoms with Crippen molar-refractivity contribution in [3.8, 4) is 17.1 Å². The third kappa shape index (κ3) is 3.98. The molecule has 2 fully saturated rings. The summed E-state index contributed by atoms with van der Waals surface area (Å²) in [5.41, 5.74) is 1.10. The molecule has 4 rings (SSSR count). The molecule has 0 bridgehead atoms. The maximum absolute atomic E-state index is 12.5. The first-order valence-electron chi connectivity index (χ1n) is 9.50. The summed E-state index contributed by atoms with van der Waals surface area (Å²) in [6.07, 6.45) is 3.97. The monoisotopic (exact) mass is 371 g/mol. The second-order valence-electron chi connectivity index (χ2n) is 7.46. The Morgan fingerprint density at radius 1 is 1.30 bits per heavy atom. The summed E-state index contributed by atoms with van der Waals surface area (Å²) in [4.78, 5) is 18.9. The SMILES string of the molecule is COc1ccc(-c2noc(CCCC(=O)N3CCC4(CCOC4)C3)n2)cc1. The summed E-state index contributed by atoms with van der Waals surface area (Å²) in [5, 5.41) is 4.03. The van der Waals surface area contributed by atoms with Crippen LogP contribution in [0.4, 0.5) is 0 Å². The number of hydrogen-bond acceptors (Lipinski definition) is 6. The van der Waals surface area contributed by atoms with Gasteiger partial charge in [0.05, 0.1) is 13.7 Å². The first kappa shape index (κ1) is 18.0. The molecule has 144 valence electrons. The maximum Gasteiger partial charge on any atom is 0.226 e. The van der Waals surface area contributed by atoms with E-state index in [2.05, 4.69) is 10.1 Å². The number of ether oxygens (including phenoxy) is 2. The normalized spacial score (nSPS) is 21.9. The molecule has 0 radical (unpaired) electrons. The topological polar surface area (TPSA) is 77.7 Å². The quantitative estimate of drug-likeness (QED) is 0.777. The highest BCUT2D eigenvalue weighted by Gasteiger charge is 2.42. The average molecular weight is 371 g/mol. The predicted molar refractivity (Wildman–Crippen MR) is 98.3 cm³/mol. The zero-order valence-corrected chi connectivity index (χ0v) is 15.6. The van der Waals surface area contributed by atoms with E-state index in [-0.39, 0.29) is 11.3 Å². The van der Waals surface area contributed by atoms with Crippen LogP contribution in [-0.2, 0) is 16.0 Å². The highest BCUT2D eigenvalue weighted by atomic mass is 16.5. The fourth-order valence-electron chi connectivity index (χ4n) is 3.88. The lowest BCUT2D eigenvalue weighted by atomic mass is 9.87. The molecule has 0 saturated carbocycles. The smallest absolute Gasteiger partial charge is 0.226 e. The summed E-state index contributed by atoms with van der Waals surface area (Å²) in [7, 11) is 1.63. The number of rotatable bonds is 6. The first-order valence-corrected chi connectivity index (χ1v) is 9.50. The molecule has 1 aromatic heterocycles. The van der Waals surface area contributed by atoms with Gasteiger partial charge in [-0.25, -0.2) is 0 Å². The van der Waals surface area contributed by atoms with Crippen molar-refractivity contribution >= 4 is 5.91 Å². The van der Waals surface area contributed by atoms with Crippen LogP contribution in [0, 0.1) is 5.41 Å². The largest absolute Gasteiger partial charge is 0.497 e. The molecule has 3 heterocycles. The number of carbonyl (C=O) groups is 1. The Morgan fingerprint density at radius 2 is 2.15 bits per heavy atom. The van der Waals surface area contributed by atoms with Crippen molar-refractivity contribution in [1.82, 2.24) is 15.0 Å². The number of hydrogen-bond donors (Lipinski definition) is 0. The van der Waals surface area contributed by atoms with Crippen LogP contribution in [0.1, 0.15) is 31.6 Å². The van der Waals surface area contributed by atoms with Crippen molar-refractivity contribution in [1.29, 1.82) is 0 Å². The van der Waals surface area contributed by atoms with Crippen LogP contribution in [0.5, 0.6) is 5.75 Å². The second-order valence-corrected chi connectivity index (χ2v) is 7.46. The summed E-state index contributed by atoms with van der Waals surface area (Å²) in [5.74, 6) is 2.12. The van der Waals surface area contributed by atoms with Gasteiger partial charge >= 0.3 is 0 Å². The molecular weight excluding hydrogens is 346 g/mol. The van der Waals surface area contributed by atoms with E-state index in [1.807, 2.05) is 29.2 Å². The molecule has 2 aliphatic heterocycles. The Morgan fingerprint density at radius 3 is 2.89 bits per heavy atom. The van der Waals surface area contributed by atoms with Gasteiger partial charge in [0, 0.05) is 43.5 Å². The Balaban J connectivity index is 1.26. The van der Waals surface area contributed by atoms with Crippen LogP contribution in [0.25, 0.3) is 11.4 Å². The number of aromatic nitrogens is 2. The van der Waals surface area contributed by atoms with Crippen LogP contribution in [0.15, 0.2) is 28.8 Å². The van der Waals surface area contributed by atoms with Gasteiger partial charge in [-0.15, -0.1) is 0 Å². The zero-order chi connectivity index (χ0) is 18.7. The molecule has 1 aromatic carbocycles. The van der Waals surface area contributed by atoms with Gasteiger partial charge in [0.1, 0.15) is 5.75 Å². The predicted octanol–water partition coefficient (Wildman–Crippen LogP) is 2.71. The summed E-state index contributed by atoms with van der Waals surface area (Å²) < 4.78 is 16.0. The molecule has 1 amide bonds. The molecule has 7 nitrogen and oxygen atoms in total. The number of nitrogens with zero attached hydrogens (tertiary/aromatic N) is 3. The lowest BCUT2D eigenvalue weighted by Crippen LogP contribution is -2.32. The number of methoxy groups -OCH3 is 1. The first-order chi connectivity index (χ1) is 13.2. The highest BCUT2D eigenvalue weighted by molar-refractivity contribution is 5.76. The Hall–Kier alpha value is -2.41. The standard InChI is InChI=1S/C20H25N3O4/c1-25-16-7-5-15(6-8-16)19-21-17(27-22-19)3-2-4-18(24)23-11-9-20(13-23)10-12-26-14-20/h5-8H,2-4,9-14H2,1H3. The molecule has 1 spiro atoms. The number of amides is 1. The molecule has 7 heteroatoms. The fourth-order valence-corrected chi connectivity index (χ4v) is 3.88. The maximum atomic E-state index is 12.5. The lowest BCUT2D eigenvalue weighted by Gasteiger charge is -2.21. The Kier molecular flexibility index (Phi) is 5.11. The molecule has 0 N–H and O–H groups in total. The van der Waals surface area contributed by atoms with E-state index in [0.29, 0.717) is 31.0 Å². The van der Waals surface area contributed by atoms with Gasteiger partial charge in [0.25, 0.3) is 0 Å². The fraction of sp³-hybridized carbons (Fsp3) is 0.550. The summed E-state index contributed by atoms with van der Waals surface area (Å²) in [6, 6.07) is 7.52. The van der Waals surface area contributed by atoms with E-state index >= 15 is 0 Å². The molecule has 2 saturated heterocycles. The number of carbonyl (C=O) groups excluding carboxylic acids is 1. The minimum Gasteiger partial charge on any atom is -0.497 e. The Labute approximate surface area is 158 Å². The lowest BCUT2D eigenvalue weighted by molar-refractivity contribution is -0.130. The van der Waals surface area contributed by atoms with Gasteiger partial charge in [-0.3, -0.25) is 4.79 Å². The van der Waals surface area contributed by atoms with Crippen molar-refractivity contribution in [2.24, 2.45) is 5.41 Å². The molecule has 1 unspecified atom stereocenters. The number of aryl methyl sites for hydroxylation is 1. The van der Waals surface area contributed by atoms with Crippen LogP contribution in [0.3, 0.4) is 0 Å². The van der Waals surface area contributed by atoms with Crippen molar-refractivity contribution < 1.29 is 18.8 Å². The number of likely N-dealkylation sites (tertiary alicyclic amines) is 1. The molecule has 27 heavy (non-hydrogen) atoms. The van der Waals surface area contributed by atoms with Crippen molar-refractivity contribution in [3.63, 3.8) is 0 Å². The van der Waals surface area contributed by atoms with Crippen LogP contribution in [0.2, 0.25) is 0 Å². The summed E-state index contributed by atoms with van der Waals surface area (Å²) in [6.45, 7) is 3.32. The second kappa shape index (κ2) is 7.68. The van der Waals surface area contributed by atoms with E-state index in [4.69, 9.17) is 14.0 Å². The van der Waals surface area contributed by atoms with Crippen LogP contribution < -0.4 is 4.74 Å². The van der Waals surface area contributed by atoms with Gasteiger partial charge in [0.2, 0.25) is 17.6 Å². The van der Waals surface area contributed by atoms with Crippen LogP contribution >= 0.6 is 0 Å². The van der Waals surface area contributed by atoms with Gasteiger partial charge < -0.3 is 18.9 Å². The molecule has 2 aromatic rings. The third-order valence-electron chi connectivity index (χ3n) is 5.57. The molecular formula is C20H25N3O4. The van der Waals surface area contributed by atoms with Crippen molar-refractivity contribution in [2.45, 2.75) is 32.1 Å². The van der Waals surface area contributed by atoms with Crippen LogP contribution in [-0.4, -0.2) is 54.4 Å². The van der Waals surface area contributed by atoms with Crippen molar-refractivity contribution in [2.75, 3.05) is 33.4 Å². The highest BCUT2D eigenvalue weighted by Crippen LogP contribution is 2.38. The average Bonchev–Trinajstić information content (AvgIpc) is 3.44. The molecule has 2 aliphatic rings. The minimum atomic E-state index is 0.216. The van der Waals surface area contributed by atoms with Crippen molar-refractivity contribution in [3.05, 3.63) is 30.2 Å². The van der Waals surface area contributed by atoms with E-state index in [1.165, 1.54) is 0 Å². The van der Waals surface area contributed by atoms with E-state index in [0.717, 1.165) is 50.5 Å². The third-order valence-corrected chi connectivity index (χ3v) is 5.57. The Bertz CT molecular complexity index is 781. The van der Waals surface area contributed by atoms with E-state index in [9.17, 15) is 4.79 Å². The minimum absolute atomic E-state index is 0.216. The molecule has 0 aliphatic carbocycles. The number of benzene rings is 1. The van der Waals surface area contributed by atoms with E-state index in [1.54, 1.807) is 7.11 Å². The van der Waals surface area contributed by atoms with Gasteiger partial charge in [-0.1, -0.05) is 5.16 Å². The van der Waals surface area contributed by atoms with E-state index < -0.39 is 0 Å². The van der Waals surface area contributed by atoms with Gasteiger partial charge in [0.15, 0.2) is 0 Å². The van der Waals surface area contributed by atoms with Gasteiger partial charge in [-0.05, 0) is 43.5 Å². The zero-order valence-electron chi connectivity index (χ0n) is 15.6. The molecule has 1 atom stereocenters. The van der Waals surface area contributed by atoms with Gasteiger partial charge in [-0.2, -0.15) is 4.98 Å². The summed E-state index contributed by atoms with van der Waals surface area (Å²) >= 11 is 0.